The van der Waals surface area contributed by atoms with Gasteiger partial charge in [-0.25, -0.2) is 4.57 Å². The van der Waals surface area contributed by atoms with Gasteiger partial charge in [-0.1, -0.05) is 313 Å². The topological polar surface area (TPSA) is 111 Å². The number of phosphoric acid groups is 1. The van der Waals surface area contributed by atoms with Crippen LogP contribution < -0.4 is 5.32 Å². The monoisotopic (exact) mass is 1190 g/mol. The van der Waals surface area contributed by atoms with Crippen molar-refractivity contribution < 1.29 is 37.3 Å². The molecule has 0 aliphatic heterocycles. The molecule has 486 valence electrons. The summed E-state index contributed by atoms with van der Waals surface area (Å²) in [5, 5.41) is 3.07. The first-order valence-electron chi connectivity index (χ1n) is 35.6. The van der Waals surface area contributed by atoms with Crippen molar-refractivity contribution in [2.45, 2.75) is 354 Å². The van der Waals surface area contributed by atoms with E-state index >= 15 is 0 Å². The average molecular weight is 1190 g/mol. The molecule has 0 heterocycles. The highest BCUT2D eigenvalue weighted by Gasteiger charge is 2.30. The zero-order valence-corrected chi connectivity index (χ0v) is 56.6. The molecule has 0 saturated carbocycles. The summed E-state index contributed by atoms with van der Waals surface area (Å²) in [5.74, 6) is -0.504. The number of nitrogens with zero attached hydrogens (tertiary/aromatic N) is 1. The van der Waals surface area contributed by atoms with Gasteiger partial charge in [0.15, 0.2) is 0 Å². The molecule has 2 N–H and O–H groups in total. The fraction of sp³-hybridized carbons (Fsp3) is 0.836. The smallest absolute Gasteiger partial charge is 0.456 e. The minimum Gasteiger partial charge on any atom is -0.456 e. The Morgan fingerprint density at radius 3 is 1.12 bits per heavy atom. The van der Waals surface area contributed by atoms with Gasteiger partial charge in [-0.3, -0.25) is 18.6 Å². The Balaban J connectivity index is 5.04. The van der Waals surface area contributed by atoms with Crippen LogP contribution >= 0.6 is 7.82 Å². The number of carbonyl (C=O) groups excluding carboxylic acids is 2. The third-order valence-corrected chi connectivity index (χ3v) is 16.9. The predicted octanol–water partition coefficient (Wildman–Crippen LogP) is 22.6. The zero-order chi connectivity index (χ0) is 60.7. The number of ether oxygens (including phenoxy) is 1. The summed E-state index contributed by atoms with van der Waals surface area (Å²) in [6, 6.07) is -0.853. The maximum Gasteiger partial charge on any atom is 0.472 e. The highest BCUT2D eigenvalue weighted by molar-refractivity contribution is 7.47. The predicted molar refractivity (Wildman–Crippen MR) is 360 cm³/mol. The number of phosphoric ester groups is 1. The molecule has 0 aromatic carbocycles. The number of hydrogen-bond acceptors (Lipinski definition) is 6. The summed E-state index contributed by atoms with van der Waals surface area (Å²) in [6.45, 7) is 7.02. The molecule has 0 bridgehead atoms. The maximum atomic E-state index is 13.6. The van der Waals surface area contributed by atoms with E-state index < -0.39 is 20.0 Å². The molecule has 0 rings (SSSR count). The van der Waals surface area contributed by atoms with Gasteiger partial charge in [-0.2, -0.15) is 0 Å². The van der Waals surface area contributed by atoms with Crippen LogP contribution in [0.2, 0.25) is 0 Å². The van der Waals surface area contributed by atoms with Gasteiger partial charge in [0.2, 0.25) is 5.91 Å². The molecule has 10 heteroatoms. The number of unbranched alkanes of at least 4 members (excludes halogenated alkanes) is 41. The van der Waals surface area contributed by atoms with Crippen LogP contribution in [0.1, 0.15) is 342 Å². The standard InChI is InChI=1S/C73H137N2O7P/c1-7-10-13-16-19-22-25-27-29-31-33-35-37-39-41-43-45-47-50-53-56-59-62-65-72(76)74-70(69-81-83(78,79)80-68-67-75(4,5)6)71(64-61-58-55-52-49-24-21-18-15-12-9-3)82-73(77)66-63-60-57-54-51-48-46-44-42-40-38-36-34-32-30-28-26-23-20-17-14-11-8-2/h20,23,28,30,34,36,40,42,61,64,70-71H,7-19,21-22,24-27,29,31-33,35,37-39,41,43-60,62-63,65-69H2,1-6H3,(H-,74,76,78,79)/p+1/b23-20-,30-28-,36-34-,42-40-,64-61+. The lowest BCUT2D eigenvalue weighted by atomic mass is 10.0. The molecule has 0 aromatic heterocycles. The van der Waals surface area contributed by atoms with Gasteiger partial charge in [0.25, 0.3) is 0 Å². The van der Waals surface area contributed by atoms with E-state index in [1.165, 1.54) is 218 Å². The van der Waals surface area contributed by atoms with E-state index in [0.29, 0.717) is 17.4 Å². The van der Waals surface area contributed by atoms with Crippen LogP contribution in [0.5, 0.6) is 0 Å². The van der Waals surface area contributed by atoms with E-state index in [4.69, 9.17) is 13.8 Å². The molecule has 3 atom stereocenters. The normalized spacial score (nSPS) is 13.9. The first-order chi connectivity index (χ1) is 40.4. The summed E-state index contributed by atoms with van der Waals surface area (Å²) in [4.78, 5) is 37.9. The molecule has 0 aliphatic carbocycles. The SMILES string of the molecule is CCCCC/C=C\C/C=C\C/C=C\C/C=C\CCCCCCCCCC(=O)OC(/C=C/CCCCCCCCCCC)C(COP(=O)(O)OCC[N+](C)(C)C)NC(=O)CCCCCCCCCCCCCCCCCCCCCCCCC. The Hall–Kier alpha value is -2.29. The van der Waals surface area contributed by atoms with Crippen LogP contribution in [-0.4, -0.2) is 74.3 Å². The Labute approximate surface area is 515 Å². The third kappa shape index (κ3) is 64.0. The number of carbonyl (C=O) groups is 2. The molecule has 83 heavy (non-hydrogen) atoms. The van der Waals surface area contributed by atoms with Crippen molar-refractivity contribution in [1.29, 1.82) is 0 Å². The van der Waals surface area contributed by atoms with E-state index in [0.717, 1.165) is 89.9 Å². The summed E-state index contributed by atoms with van der Waals surface area (Å²) in [5.41, 5.74) is 0. The van der Waals surface area contributed by atoms with Gasteiger partial charge in [0.1, 0.15) is 19.3 Å². The average Bonchev–Trinajstić information content (AvgIpc) is 3.51. The van der Waals surface area contributed by atoms with E-state index in [1.807, 2.05) is 33.3 Å². The molecule has 1 amide bonds. The second-order valence-corrected chi connectivity index (χ2v) is 26.9. The number of likely N-dealkylation sites (N-methyl/N-ethyl adjacent to an activating group) is 1. The van der Waals surface area contributed by atoms with Crippen molar-refractivity contribution in [3.8, 4) is 0 Å². The van der Waals surface area contributed by atoms with E-state index in [-0.39, 0.29) is 31.5 Å². The first kappa shape index (κ1) is 80.7. The summed E-state index contributed by atoms with van der Waals surface area (Å²) < 4.78 is 30.8. The summed E-state index contributed by atoms with van der Waals surface area (Å²) in [6.07, 6.45) is 80.9. The number of amides is 1. The number of quaternary nitrogens is 1. The molecule has 0 radical (unpaired) electrons. The van der Waals surface area contributed by atoms with Crippen molar-refractivity contribution in [3.63, 3.8) is 0 Å². The number of esters is 1. The number of allylic oxidation sites excluding steroid dienone is 9. The van der Waals surface area contributed by atoms with E-state index in [1.54, 1.807) is 0 Å². The minimum atomic E-state index is -4.45. The molecular weight excluding hydrogens is 1050 g/mol. The van der Waals surface area contributed by atoms with Gasteiger partial charge < -0.3 is 19.4 Å². The van der Waals surface area contributed by atoms with Gasteiger partial charge in [-0.05, 0) is 76.7 Å². The van der Waals surface area contributed by atoms with Crippen molar-refractivity contribution in [2.24, 2.45) is 0 Å². The molecule has 0 saturated heterocycles. The Kier molecular flexibility index (Phi) is 61.0. The van der Waals surface area contributed by atoms with Crippen molar-refractivity contribution in [3.05, 3.63) is 60.8 Å². The number of nitrogens with one attached hydrogen (secondary N) is 1. The first-order valence-corrected chi connectivity index (χ1v) is 37.1. The zero-order valence-electron chi connectivity index (χ0n) is 55.7. The van der Waals surface area contributed by atoms with Crippen molar-refractivity contribution in [1.82, 2.24) is 5.32 Å². The molecule has 9 nitrogen and oxygen atoms in total. The largest absolute Gasteiger partial charge is 0.472 e. The van der Waals surface area contributed by atoms with E-state index in [9.17, 15) is 19.0 Å². The Morgan fingerprint density at radius 2 is 0.735 bits per heavy atom. The highest BCUT2D eigenvalue weighted by atomic mass is 31.2. The molecule has 0 spiro atoms. The lowest BCUT2D eigenvalue weighted by Gasteiger charge is -2.27. The number of hydrogen-bond donors (Lipinski definition) is 2. The second kappa shape index (κ2) is 62.8. The van der Waals surface area contributed by atoms with Crippen LogP contribution in [0.25, 0.3) is 0 Å². The van der Waals surface area contributed by atoms with E-state index in [2.05, 4.69) is 74.7 Å². The summed E-state index contributed by atoms with van der Waals surface area (Å²) in [7, 11) is 1.50. The maximum absolute atomic E-state index is 13.6. The fourth-order valence-electron chi connectivity index (χ4n) is 10.5. The second-order valence-electron chi connectivity index (χ2n) is 25.4. The van der Waals surface area contributed by atoms with Crippen LogP contribution in [0, 0.1) is 0 Å². The van der Waals surface area contributed by atoms with Crippen LogP contribution in [0.3, 0.4) is 0 Å². The quantitative estimate of drug-likeness (QED) is 0.0205. The van der Waals surface area contributed by atoms with Crippen LogP contribution in [0.15, 0.2) is 60.8 Å². The third-order valence-electron chi connectivity index (χ3n) is 16.0. The lowest BCUT2D eigenvalue weighted by molar-refractivity contribution is -0.870. The van der Waals surface area contributed by atoms with Gasteiger partial charge in [0, 0.05) is 12.8 Å². The lowest BCUT2D eigenvalue weighted by Crippen LogP contribution is -2.47. The van der Waals surface area contributed by atoms with Crippen LogP contribution in [0.4, 0.5) is 0 Å². The Morgan fingerprint density at radius 1 is 0.422 bits per heavy atom. The molecule has 0 aromatic rings. The van der Waals surface area contributed by atoms with Crippen molar-refractivity contribution in [2.75, 3.05) is 40.9 Å². The minimum absolute atomic E-state index is 0.0387. The molecule has 0 aliphatic rings. The molecular formula is C73H138N2O7P+. The van der Waals surface area contributed by atoms with Gasteiger partial charge >= 0.3 is 13.8 Å². The fourth-order valence-corrected chi connectivity index (χ4v) is 11.2. The van der Waals surface area contributed by atoms with Gasteiger partial charge in [0.05, 0.1) is 33.8 Å². The number of rotatable bonds is 65. The molecule has 3 unspecified atom stereocenters. The van der Waals surface area contributed by atoms with Gasteiger partial charge in [-0.15, -0.1) is 0 Å². The summed E-state index contributed by atoms with van der Waals surface area (Å²) >= 11 is 0. The van der Waals surface area contributed by atoms with Crippen molar-refractivity contribution >= 4 is 19.7 Å². The Bertz CT molecular complexity index is 1600. The van der Waals surface area contributed by atoms with Crippen LogP contribution in [-0.2, 0) is 27.9 Å². The molecule has 0 fully saturated rings. The highest BCUT2D eigenvalue weighted by Crippen LogP contribution is 2.43.